The summed E-state index contributed by atoms with van der Waals surface area (Å²) in [7, 11) is 0. The summed E-state index contributed by atoms with van der Waals surface area (Å²) >= 11 is 0. The van der Waals surface area contributed by atoms with E-state index in [9.17, 15) is 0 Å². The molecule has 1 aliphatic rings. The Morgan fingerprint density at radius 3 is 0.833 bits per heavy atom. The van der Waals surface area contributed by atoms with Gasteiger partial charge >= 0.3 is 0 Å². The normalized spacial score (nSPS) is 15.0. The standard InChI is InChI=1S/C40H80N2/c1-4-7-10-13-16-19-22-25-28-31-34-37-42-39-38-41(36-33-30-27-24-21-18-15-12-9-6-3)40(42)35-32-29-26-23-20-17-14-11-8-5-2/h38-40H,4-37H2,1-3H3. The fourth-order valence-electron chi connectivity index (χ4n) is 6.89. The monoisotopic (exact) mass is 589 g/mol. The maximum atomic E-state index is 2.72. The molecule has 0 aliphatic carbocycles. The number of unbranched alkanes of at least 4 members (excludes halogenated alkanes) is 28. The minimum absolute atomic E-state index is 0.640. The predicted molar refractivity (Wildman–Crippen MR) is 191 cm³/mol. The molecule has 0 saturated carbocycles. The number of nitrogens with zero attached hydrogens (tertiary/aromatic N) is 2. The molecule has 0 fully saturated rings. The van der Waals surface area contributed by atoms with Gasteiger partial charge in [-0.05, 0) is 25.7 Å². The molecule has 2 heteroatoms. The zero-order valence-corrected chi connectivity index (χ0v) is 29.7. The highest BCUT2D eigenvalue weighted by Crippen LogP contribution is 2.24. The third-order valence-corrected chi connectivity index (χ3v) is 9.82. The lowest BCUT2D eigenvalue weighted by atomic mass is 10.0. The third kappa shape index (κ3) is 23.8. The molecule has 0 amide bonds. The van der Waals surface area contributed by atoms with Crippen LogP contribution >= 0.6 is 0 Å². The van der Waals surface area contributed by atoms with E-state index in [-0.39, 0.29) is 0 Å². The molecule has 2 nitrogen and oxygen atoms in total. The van der Waals surface area contributed by atoms with E-state index in [1.165, 1.54) is 219 Å². The minimum Gasteiger partial charge on any atom is -0.356 e. The Morgan fingerprint density at radius 1 is 0.310 bits per heavy atom. The van der Waals surface area contributed by atoms with Crippen molar-refractivity contribution in [3.63, 3.8) is 0 Å². The summed E-state index contributed by atoms with van der Waals surface area (Å²) in [5.74, 6) is 0. The van der Waals surface area contributed by atoms with Gasteiger partial charge in [0.25, 0.3) is 0 Å². The van der Waals surface area contributed by atoms with Crippen LogP contribution in [0.1, 0.15) is 226 Å². The topological polar surface area (TPSA) is 6.48 Å². The van der Waals surface area contributed by atoms with Crippen molar-refractivity contribution in [3.05, 3.63) is 12.4 Å². The predicted octanol–water partition coefficient (Wildman–Crippen LogP) is 13.9. The highest BCUT2D eigenvalue weighted by molar-refractivity contribution is 4.97. The van der Waals surface area contributed by atoms with Gasteiger partial charge in [0.05, 0.1) is 0 Å². The molecular formula is C40H80N2. The van der Waals surface area contributed by atoms with Crippen molar-refractivity contribution in [2.24, 2.45) is 0 Å². The second kappa shape index (κ2) is 31.8. The lowest BCUT2D eigenvalue weighted by molar-refractivity contribution is 0.135. The molecule has 250 valence electrons. The van der Waals surface area contributed by atoms with Gasteiger partial charge in [-0.15, -0.1) is 0 Å². The summed E-state index contributed by atoms with van der Waals surface area (Å²) in [5, 5.41) is 0. The molecule has 0 aromatic rings. The largest absolute Gasteiger partial charge is 0.356 e. The van der Waals surface area contributed by atoms with Gasteiger partial charge < -0.3 is 9.80 Å². The molecule has 1 heterocycles. The number of hydrogen-bond acceptors (Lipinski definition) is 2. The molecule has 1 rings (SSSR count). The Labute approximate surface area is 267 Å². The SMILES string of the molecule is CCCCCCCCCCCCCN1C=CN(CCCCCCCCCCCC)C1CCCCCCCCCCCC. The summed E-state index contributed by atoms with van der Waals surface area (Å²) in [6.07, 6.45) is 51.4. The second-order valence-corrected chi connectivity index (χ2v) is 13.9. The average molecular weight is 589 g/mol. The van der Waals surface area contributed by atoms with E-state index < -0.39 is 0 Å². The molecule has 1 unspecified atom stereocenters. The molecule has 42 heavy (non-hydrogen) atoms. The van der Waals surface area contributed by atoms with E-state index >= 15 is 0 Å². The van der Waals surface area contributed by atoms with Crippen LogP contribution in [0.15, 0.2) is 12.4 Å². The van der Waals surface area contributed by atoms with E-state index in [1.807, 2.05) is 0 Å². The van der Waals surface area contributed by atoms with Crippen LogP contribution in [0.4, 0.5) is 0 Å². The van der Waals surface area contributed by atoms with Crippen LogP contribution in [0, 0.1) is 0 Å². The first kappa shape index (κ1) is 39.4. The lowest BCUT2D eigenvalue weighted by Gasteiger charge is -2.33. The highest BCUT2D eigenvalue weighted by Gasteiger charge is 2.24. The summed E-state index contributed by atoms with van der Waals surface area (Å²) in [4.78, 5) is 5.44. The molecule has 0 N–H and O–H groups in total. The van der Waals surface area contributed by atoms with Gasteiger partial charge in [0.1, 0.15) is 6.17 Å². The molecular weight excluding hydrogens is 508 g/mol. The van der Waals surface area contributed by atoms with Crippen LogP contribution in [0.3, 0.4) is 0 Å². The maximum Gasteiger partial charge on any atom is 0.101 e. The summed E-state index contributed by atoms with van der Waals surface area (Å²) in [6, 6.07) is 0. The quantitative estimate of drug-likeness (QED) is 0.0690. The number of rotatable bonds is 34. The minimum atomic E-state index is 0.640. The second-order valence-electron chi connectivity index (χ2n) is 13.9. The average Bonchev–Trinajstić information content (AvgIpc) is 3.38. The van der Waals surface area contributed by atoms with Gasteiger partial charge in [0, 0.05) is 25.5 Å². The first-order valence-corrected chi connectivity index (χ1v) is 20.0. The number of hydrogen-bond donors (Lipinski definition) is 0. The van der Waals surface area contributed by atoms with E-state index in [2.05, 4.69) is 43.0 Å². The Bertz CT molecular complexity index is 544. The van der Waals surface area contributed by atoms with Crippen molar-refractivity contribution in [2.45, 2.75) is 232 Å². The van der Waals surface area contributed by atoms with Crippen molar-refractivity contribution in [2.75, 3.05) is 13.1 Å². The maximum absolute atomic E-state index is 2.72. The van der Waals surface area contributed by atoms with Crippen LogP contribution in [0.25, 0.3) is 0 Å². The van der Waals surface area contributed by atoms with E-state index in [0.717, 1.165) is 0 Å². The van der Waals surface area contributed by atoms with Gasteiger partial charge in [-0.1, -0.05) is 201 Å². The molecule has 0 spiro atoms. The summed E-state index contributed by atoms with van der Waals surface area (Å²) < 4.78 is 0. The van der Waals surface area contributed by atoms with Gasteiger partial charge in [-0.25, -0.2) is 0 Å². The third-order valence-electron chi connectivity index (χ3n) is 9.82. The molecule has 0 saturated heterocycles. The Morgan fingerprint density at radius 2 is 0.548 bits per heavy atom. The van der Waals surface area contributed by atoms with E-state index in [4.69, 9.17) is 0 Å². The summed E-state index contributed by atoms with van der Waals surface area (Å²) in [5.41, 5.74) is 0. The van der Waals surface area contributed by atoms with Gasteiger partial charge in [0.15, 0.2) is 0 Å². The molecule has 0 aromatic heterocycles. The lowest BCUT2D eigenvalue weighted by Crippen LogP contribution is -2.39. The smallest absolute Gasteiger partial charge is 0.101 e. The fraction of sp³-hybridized carbons (Fsp3) is 0.950. The van der Waals surface area contributed by atoms with Crippen molar-refractivity contribution in [1.82, 2.24) is 9.80 Å². The van der Waals surface area contributed by atoms with E-state index in [0.29, 0.717) is 6.17 Å². The van der Waals surface area contributed by atoms with Gasteiger partial charge in [0.2, 0.25) is 0 Å². The van der Waals surface area contributed by atoms with Gasteiger partial charge in [-0.2, -0.15) is 0 Å². The van der Waals surface area contributed by atoms with Crippen LogP contribution in [-0.4, -0.2) is 29.1 Å². The molecule has 1 atom stereocenters. The Kier molecular flexibility index (Phi) is 29.8. The van der Waals surface area contributed by atoms with Crippen molar-refractivity contribution in [3.8, 4) is 0 Å². The van der Waals surface area contributed by atoms with Crippen molar-refractivity contribution >= 4 is 0 Å². The van der Waals surface area contributed by atoms with Crippen LogP contribution < -0.4 is 0 Å². The Hall–Kier alpha value is -0.660. The fourth-order valence-corrected chi connectivity index (χ4v) is 6.89. The zero-order valence-electron chi connectivity index (χ0n) is 29.7. The van der Waals surface area contributed by atoms with Crippen molar-refractivity contribution in [1.29, 1.82) is 0 Å². The first-order chi connectivity index (χ1) is 20.8. The van der Waals surface area contributed by atoms with Crippen LogP contribution in [0.5, 0.6) is 0 Å². The molecule has 0 bridgehead atoms. The highest BCUT2D eigenvalue weighted by atomic mass is 15.4. The van der Waals surface area contributed by atoms with Gasteiger partial charge in [-0.3, -0.25) is 0 Å². The first-order valence-electron chi connectivity index (χ1n) is 20.0. The molecule has 0 radical (unpaired) electrons. The molecule has 0 aromatic carbocycles. The summed E-state index contributed by atoms with van der Waals surface area (Å²) in [6.45, 7) is 9.48. The van der Waals surface area contributed by atoms with E-state index in [1.54, 1.807) is 0 Å². The van der Waals surface area contributed by atoms with Crippen molar-refractivity contribution < 1.29 is 0 Å². The van der Waals surface area contributed by atoms with Crippen LogP contribution in [-0.2, 0) is 0 Å². The van der Waals surface area contributed by atoms with Crippen LogP contribution in [0.2, 0.25) is 0 Å². The molecule has 1 aliphatic heterocycles. The Balaban J connectivity index is 2.24. The zero-order chi connectivity index (χ0) is 30.2.